The number of rotatable bonds is 8. The highest BCUT2D eigenvalue weighted by molar-refractivity contribution is 7.90. The number of carbonyl (C=O) groups is 1. The van der Waals surface area contributed by atoms with E-state index in [2.05, 4.69) is 10.3 Å². The van der Waals surface area contributed by atoms with Crippen LogP contribution in [0.4, 0.5) is 4.79 Å². The molecule has 1 N–H and O–H groups in total. The Morgan fingerprint density at radius 3 is 2.41 bits per heavy atom. The Bertz CT molecular complexity index is 1040. The van der Waals surface area contributed by atoms with E-state index in [9.17, 15) is 13.2 Å². The Morgan fingerprint density at radius 2 is 1.88 bits per heavy atom. The van der Waals surface area contributed by atoms with Gasteiger partial charge >= 0.3 is 6.03 Å². The topological polar surface area (TPSA) is 84.3 Å². The van der Waals surface area contributed by atoms with Gasteiger partial charge in [-0.3, -0.25) is 0 Å². The van der Waals surface area contributed by atoms with Gasteiger partial charge in [-0.25, -0.2) is 18.2 Å². The molecule has 0 radical (unpaired) electrons. The number of sulfone groups is 1. The van der Waals surface area contributed by atoms with E-state index in [0.29, 0.717) is 22.8 Å². The molecule has 9 heteroatoms. The number of carbonyl (C=O) groups excluding carboxylic acids is 1. The number of nitrogens with one attached hydrogen (secondary N) is 1. The van der Waals surface area contributed by atoms with Crippen LogP contribution in [-0.2, 0) is 28.7 Å². The highest BCUT2D eigenvalue weighted by atomic mass is 35.5. The van der Waals surface area contributed by atoms with E-state index in [0.717, 1.165) is 0 Å². The molecule has 2 amide bonds. The SMILES string of the molecule is CC(C)Cn1c(CN(C(=O)NC(C)(C)C)C(C)C)cnc1S(=O)(=O)Cc1cccc(Cl)c1. The van der Waals surface area contributed by atoms with E-state index in [1.807, 2.05) is 48.5 Å². The fraction of sp³-hybridized carbons (Fsp3) is 0.565. The first kappa shape index (κ1) is 26.2. The second-order valence-corrected chi connectivity index (χ2v) is 12.1. The maximum Gasteiger partial charge on any atom is 0.318 e. The van der Waals surface area contributed by atoms with Gasteiger partial charge in [0, 0.05) is 23.1 Å². The molecule has 7 nitrogen and oxygen atoms in total. The Kier molecular flexibility index (Phi) is 8.39. The van der Waals surface area contributed by atoms with E-state index in [1.165, 1.54) is 0 Å². The van der Waals surface area contributed by atoms with Crippen LogP contribution in [-0.4, -0.2) is 40.5 Å². The average molecular weight is 483 g/mol. The lowest BCUT2D eigenvalue weighted by Gasteiger charge is -2.31. The van der Waals surface area contributed by atoms with Crippen molar-refractivity contribution in [3.8, 4) is 0 Å². The Balaban J connectivity index is 2.41. The molecule has 1 aromatic heterocycles. The van der Waals surface area contributed by atoms with Gasteiger partial charge in [-0.05, 0) is 58.2 Å². The van der Waals surface area contributed by atoms with E-state index in [1.54, 1.807) is 39.9 Å². The van der Waals surface area contributed by atoms with Crippen molar-refractivity contribution in [3.63, 3.8) is 0 Å². The summed E-state index contributed by atoms with van der Waals surface area (Å²) in [6, 6.07) is 6.54. The van der Waals surface area contributed by atoms with Gasteiger partial charge in [0.1, 0.15) is 0 Å². The molecule has 0 unspecified atom stereocenters. The summed E-state index contributed by atoms with van der Waals surface area (Å²) in [7, 11) is -3.72. The summed E-state index contributed by atoms with van der Waals surface area (Å²) in [6.07, 6.45) is 1.56. The minimum atomic E-state index is -3.72. The van der Waals surface area contributed by atoms with Gasteiger partial charge in [-0.1, -0.05) is 37.6 Å². The first-order chi connectivity index (χ1) is 14.7. The molecule has 0 fully saturated rings. The van der Waals surface area contributed by atoms with E-state index in [-0.39, 0.29) is 41.0 Å². The van der Waals surface area contributed by atoms with Crippen LogP contribution in [0.25, 0.3) is 0 Å². The lowest BCUT2D eigenvalue weighted by Crippen LogP contribution is -2.50. The van der Waals surface area contributed by atoms with Crippen LogP contribution in [0.1, 0.15) is 59.7 Å². The lowest BCUT2D eigenvalue weighted by molar-refractivity contribution is 0.169. The standard InChI is InChI=1S/C23H35ClN4O3S/c1-16(2)13-28-20(14-27(17(3)4)21(29)26-23(5,6)7)12-25-22(28)32(30,31)15-18-9-8-10-19(24)11-18/h8-12,16-17H,13-15H2,1-7H3,(H,26,29). The molecule has 2 aromatic rings. The Morgan fingerprint density at radius 1 is 1.22 bits per heavy atom. The number of hydrogen-bond acceptors (Lipinski definition) is 4. The number of urea groups is 1. The van der Waals surface area contributed by atoms with Crippen LogP contribution in [0.5, 0.6) is 0 Å². The maximum atomic E-state index is 13.3. The summed E-state index contributed by atoms with van der Waals surface area (Å²) in [5, 5.41) is 3.48. The molecule has 0 bridgehead atoms. The number of aromatic nitrogens is 2. The van der Waals surface area contributed by atoms with Gasteiger partial charge < -0.3 is 14.8 Å². The predicted octanol–water partition coefficient (Wildman–Crippen LogP) is 4.88. The number of benzene rings is 1. The molecular formula is C23H35ClN4O3S. The summed E-state index contributed by atoms with van der Waals surface area (Å²) >= 11 is 6.03. The van der Waals surface area contributed by atoms with Gasteiger partial charge in [0.15, 0.2) is 0 Å². The van der Waals surface area contributed by atoms with E-state index < -0.39 is 9.84 Å². The lowest BCUT2D eigenvalue weighted by atomic mass is 10.1. The quantitative estimate of drug-likeness (QED) is 0.580. The van der Waals surface area contributed by atoms with E-state index >= 15 is 0 Å². The third kappa shape index (κ3) is 7.24. The van der Waals surface area contributed by atoms with Crippen molar-refractivity contribution in [2.24, 2.45) is 5.92 Å². The summed E-state index contributed by atoms with van der Waals surface area (Å²) in [5.74, 6) is -0.000443. The van der Waals surface area contributed by atoms with Crippen molar-refractivity contribution < 1.29 is 13.2 Å². The number of imidazole rings is 1. The van der Waals surface area contributed by atoms with Crippen molar-refractivity contribution >= 4 is 27.5 Å². The maximum absolute atomic E-state index is 13.3. The van der Waals surface area contributed by atoms with Crippen LogP contribution in [0.2, 0.25) is 5.02 Å². The fourth-order valence-electron chi connectivity index (χ4n) is 3.29. The van der Waals surface area contributed by atoms with Crippen LogP contribution in [0.3, 0.4) is 0 Å². The molecule has 0 aliphatic rings. The minimum absolute atomic E-state index is 0.0149. The molecule has 178 valence electrons. The monoisotopic (exact) mass is 482 g/mol. The van der Waals surface area contributed by atoms with Gasteiger partial charge in [0.25, 0.3) is 0 Å². The predicted molar refractivity (Wildman–Crippen MR) is 128 cm³/mol. The third-order valence-corrected chi connectivity index (χ3v) is 6.50. The normalized spacial score (nSPS) is 12.4. The Labute approximate surface area is 197 Å². The second-order valence-electron chi connectivity index (χ2n) is 9.83. The molecular weight excluding hydrogens is 448 g/mol. The smallest absolute Gasteiger partial charge is 0.318 e. The van der Waals surface area contributed by atoms with Crippen LogP contribution >= 0.6 is 11.6 Å². The van der Waals surface area contributed by atoms with Crippen molar-refractivity contribution in [2.45, 2.75) is 84.0 Å². The number of halogens is 1. The first-order valence-corrected chi connectivity index (χ1v) is 12.8. The largest absolute Gasteiger partial charge is 0.333 e. The molecule has 1 aromatic carbocycles. The summed E-state index contributed by atoms with van der Waals surface area (Å²) < 4.78 is 28.2. The summed E-state index contributed by atoms with van der Waals surface area (Å²) in [6.45, 7) is 14.4. The van der Waals surface area contributed by atoms with Crippen molar-refractivity contribution in [3.05, 3.63) is 46.7 Å². The molecule has 0 atom stereocenters. The molecule has 0 spiro atoms. The van der Waals surface area contributed by atoms with Gasteiger partial charge in [-0.15, -0.1) is 0 Å². The number of hydrogen-bond donors (Lipinski definition) is 1. The zero-order chi connectivity index (χ0) is 24.3. The zero-order valence-corrected chi connectivity index (χ0v) is 21.6. The third-order valence-electron chi connectivity index (χ3n) is 4.67. The van der Waals surface area contributed by atoms with Crippen molar-refractivity contribution in [1.29, 1.82) is 0 Å². The van der Waals surface area contributed by atoms with Crippen LogP contribution in [0, 0.1) is 5.92 Å². The molecule has 0 saturated carbocycles. The molecule has 1 heterocycles. The molecule has 32 heavy (non-hydrogen) atoms. The molecule has 2 rings (SSSR count). The van der Waals surface area contributed by atoms with Crippen molar-refractivity contribution in [2.75, 3.05) is 0 Å². The summed E-state index contributed by atoms with van der Waals surface area (Å²) in [5.41, 5.74) is 0.904. The highest BCUT2D eigenvalue weighted by Gasteiger charge is 2.28. The second kappa shape index (κ2) is 10.3. The van der Waals surface area contributed by atoms with Gasteiger partial charge in [0.05, 0.1) is 24.2 Å². The molecule has 0 aliphatic heterocycles. The fourth-order valence-corrected chi connectivity index (χ4v) is 4.99. The summed E-state index contributed by atoms with van der Waals surface area (Å²) in [4.78, 5) is 18.8. The zero-order valence-electron chi connectivity index (χ0n) is 20.0. The van der Waals surface area contributed by atoms with Gasteiger partial charge in [-0.2, -0.15) is 0 Å². The van der Waals surface area contributed by atoms with E-state index in [4.69, 9.17) is 11.6 Å². The minimum Gasteiger partial charge on any atom is -0.333 e. The first-order valence-electron chi connectivity index (χ1n) is 10.8. The van der Waals surface area contributed by atoms with Crippen molar-refractivity contribution in [1.82, 2.24) is 19.8 Å². The number of amides is 2. The molecule has 0 aliphatic carbocycles. The van der Waals surface area contributed by atoms with Gasteiger partial charge in [0.2, 0.25) is 15.0 Å². The number of nitrogens with zero attached hydrogens (tertiary/aromatic N) is 3. The molecule has 0 saturated heterocycles. The average Bonchev–Trinajstić information content (AvgIpc) is 3.00. The highest BCUT2D eigenvalue weighted by Crippen LogP contribution is 2.22. The van der Waals surface area contributed by atoms with Crippen LogP contribution in [0.15, 0.2) is 35.6 Å². The Hall–Kier alpha value is -2.06. The van der Waals surface area contributed by atoms with Crippen LogP contribution < -0.4 is 5.32 Å².